The highest BCUT2D eigenvalue weighted by Gasteiger charge is 2.36. The van der Waals surface area contributed by atoms with Gasteiger partial charge >= 0.3 is 23.9 Å². The first-order valence-corrected chi connectivity index (χ1v) is 15.9. The van der Waals surface area contributed by atoms with Crippen LogP contribution in [-0.2, 0) is 33.4 Å². The Labute approximate surface area is 271 Å². The van der Waals surface area contributed by atoms with Gasteiger partial charge in [-0.3, -0.25) is 9.59 Å². The van der Waals surface area contributed by atoms with Crippen molar-refractivity contribution in [2.45, 2.75) is 124 Å². The molecule has 0 unspecified atom stereocenters. The lowest BCUT2D eigenvalue weighted by Crippen LogP contribution is -2.36. The van der Waals surface area contributed by atoms with Crippen LogP contribution >= 0.6 is 0 Å². The maximum atomic E-state index is 12.9. The molecule has 0 aliphatic carbocycles. The molecular formula is C34H52O12. The van der Waals surface area contributed by atoms with Crippen LogP contribution in [0.1, 0.15) is 93.4 Å². The zero-order valence-electron chi connectivity index (χ0n) is 28.0. The lowest BCUT2D eigenvalue weighted by atomic mass is 9.85. The lowest BCUT2D eigenvalue weighted by molar-refractivity contribution is -0.154. The van der Waals surface area contributed by atoms with Crippen molar-refractivity contribution < 1.29 is 59.0 Å². The van der Waals surface area contributed by atoms with Crippen LogP contribution in [0.15, 0.2) is 34.9 Å². The molecule has 0 spiro atoms. The summed E-state index contributed by atoms with van der Waals surface area (Å²) in [4.78, 5) is 59.2. The fraction of sp³-hybridized carbons (Fsp3) is 0.676. The summed E-state index contributed by atoms with van der Waals surface area (Å²) in [7, 11) is 0. The normalized spacial score (nSPS) is 20.0. The molecule has 1 aliphatic heterocycles. The Morgan fingerprint density at radius 2 is 1.48 bits per heavy atom. The first kappa shape index (κ1) is 40.8. The molecule has 12 heteroatoms. The Hall–Kier alpha value is -3.19. The van der Waals surface area contributed by atoms with Crippen LogP contribution in [0, 0.1) is 23.7 Å². The van der Waals surface area contributed by atoms with Gasteiger partial charge in [0.25, 0.3) is 0 Å². The van der Waals surface area contributed by atoms with Crippen LogP contribution in [0.25, 0.3) is 0 Å². The molecule has 0 amide bonds. The molecule has 0 fully saturated rings. The number of aliphatic hydroxyl groups is 4. The number of aliphatic carboxylic acids is 1. The van der Waals surface area contributed by atoms with E-state index in [9.17, 15) is 44.4 Å². The topological polar surface area (TPSA) is 205 Å². The molecule has 5 N–H and O–H groups in total. The molecule has 9 atom stereocenters. The number of hydrogen-bond acceptors (Lipinski definition) is 11. The largest absolute Gasteiger partial charge is 0.478 e. The number of carboxylic acid groups (broad SMARTS) is 1. The van der Waals surface area contributed by atoms with Crippen molar-refractivity contribution in [3.05, 3.63) is 34.9 Å². The van der Waals surface area contributed by atoms with Crippen LogP contribution in [0.5, 0.6) is 0 Å². The number of carbonyl (C=O) groups excluding carboxylic acids is 4. The van der Waals surface area contributed by atoms with Crippen LogP contribution in [-0.4, -0.2) is 85.7 Å². The second kappa shape index (κ2) is 19.5. The average molecular weight is 653 g/mol. The highest BCUT2D eigenvalue weighted by Crippen LogP contribution is 2.26. The predicted octanol–water partition coefficient (Wildman–Crippen LogP) is 3.19. The number of Topliss-reactive ketones (excluding diaryl/α,β-unsaturated/α-hetero) is 1. The van der Waals surface area contributed by atoms with E-state index >= 15 is 0 Å². The van der Waals surface area contributed by atoms with Gasteiger partial charge in [-0.1, -0.05) is 46.8 Å². The van der Waals surface area contributed by atoms with Gasteiger partial charge in [-0.2, -0.15) is 0 Å². The van der Waals surface area contributed by atoms with Crippen molar-refractivity contribution in [1.82, 2.24) is 0 Å². The molecule has 0 aromatic heterocycles. The number of carboxylic acids is 1. The number of rotatable bonds is 21. The Balaban J connectivity index is 2.52. The second-order valence-corrected chi connectivity index (χ2v) is 12.7. The number of cyclic esters (lactones) is 2. The molecule has 46 heavy (non-hydrogen) atoms. The van der Waals surface area contributed by atoms with Crippen molar-refractivity contribution in [1.29, 1.82) is 0 Å². The monoisotopic (exact) mass is 652 g/mol. The number of allylic oxidation sites excluding steroid dienone is 2. The van der Waals surface area contributed by atoms with E-state index in [1.807, 2.05) is 20.8 Å². The molecule has 1 aliphatic rings. The van der Waals surface area contributed by atoms with Crippen LogP contribution in [0.2, 0.25) is 0 Å². The second-order valence-electron chi connectivity index (χ2n) is 12.7. The van der Waals surface area contributed by atoms with Crippen molar-refractivity contribution in [3.63, 3.8) is 0 Å². The molecule has 12 nitrogen and oxygen atoms in total. The summed E-state index contributed by atoms with van der Waals surface area (Å²) in [5.41, 5.74) is 0.357. The van der Waals surface area contributed by atoms with E-state index in [0.717, 1.165) is 18.1 Å². The number of esters is 3. The highest BCUT2D eigenvalue weighted by molar-refractivity contribution is 6.12. The molecule has 1 heterocycles. The molecule has 0 saturated heterocycles. The van der Waals surface area contributed by atoms with Gasteiger partial charge in [0, 0.05) is 29.9 Å². The number of aliphatic hydroxyl groups excluding tert-OH is 4. The quantitative estimate of drug-likeness (QED) is 0.0525. The third-order valence-electron chi connectivity index (χ3n) is 8.63. The maximum absolute atomic E-state index is 12.9. The predicted molar refractivity (Wildman–Crippen MR) is 168 cm³/mol. The van der Waals surface area contributed by atoms with Gasteiger partial charge in [-0.05, 0) is 63.4 Å². The number of hydrogen-bond donors (Lipinski definition) is 5. The highest BCUT2D eigenvalue weighted by atomic mass is 16.6. The Bertz CT molecular complexity index is 1170. The third-order valence-corrected chi connectivity index (χ3v) is 8.63. The summed E-state index contributed by atoms with van der Waals surface area (Å²) in [6, 6.07) is 0. The van der Waals surface area contributed by atoms with Gasteiger partial charge < -0.3 is 35.0 Å². The molecule has 0 radical (unpaired) electrons. The minimum atomic E-state index is -1.59. The van der Waals surface area contributed by atoms with E-state index in [1.54, 1.807) is 19.9 Å². The lowest BCUT2D eigenvalue weighted by Gasteiger charge is -2.27. The van der Waals surface area contributed by atoms with E-state index < -0.39 is 72.7 Å². The molecule has 0 saturated carbocycles. The zero-order chi connectivity index (χ0) is 35.3. The summed E-state index contributed by atoms with van der Waals surface area (Å²) < 4.78 is 9.71. The zero-order valence-corrected chi connectivity index (χ0v) is 28.0. The van der Waals surface area contributed by atoms with E-state index in [4.69, 9.17) is 9.84 Å². The van der Waals surface area contributed by atoms with E-state index in [1.165, 1.54) is 19.9 Å². The van der Waals surface area contributed by atoms with Gasteiger partial charge in [0.2, 0.25) is 0 Å². The summed E-state index contributed by atoms with van der Waals surface area (Å²) in [5, 5.41) is 50.8. The summed E-state index contributed by atoms with van der Waals surface area (Å²) >= 11 is 0. The summed E-state index contributed by atoms with van der Waals surface area (Å²) in [6.45, 7) is 12.0. The van der Waals surface area contributed by atoms with Crippen molar-refractivity contribution in [2.24, 2.45) is 23.7 Å². The third kappa shape index (κ3) is 13.7. The summed E-state index contributed by atoms with van der Waals surface area (Å²) in [5.74, 6) is -5.18. The molecule has 0 aromatic carbocycles. The Morgan fingerprint density at radius 3 is 2.02 bits per heavy atom. The van der Waals surface area contributed by atoms with Gasteiger partial charge in [-0.25, -0.2) is 14.4 Å². The average Bonchev–Trinajstić information content (AvgIpc) is 3.22. The molecular weight excluding hydrogens is 600 g/mol. The number of carbonyl (C=O) groups is 5. The van der Waals surface area contributed by atoms with Gasteiger partial charge in [0.15, 0.2) is 0 Å². The van der Waals surface area contributed by atoms with Crippen LogP contribution < -0.4 is 0 Å². The van der Waals surface area contributed by atoms with Crippen LogP contribution in [0.3, 0.4) is 0 Å². The fourth-order valence-corrected chi connectivity index (χ4v) is 5.40. The van der Waals surface area contributed by atoms with Crippen LogP contribution in [0.4, 0.5) is 0 Å². The maximum Gasteiger partial charge on any atom is 0.345 e. The molecule has 0 bridgehead atoms. The SMILES string of the molecule is CCC(/C=C/C(=O)O)=C\[C@H](O)C[C@H](C)C[C@@H](C)CC[C@H](O)[C@H](C)C(=O)C[C@@H](O)[C@H](C)[C@@H](C)OC(=O)C[C@@H](O)C1=C(C)C(=O)OC1=O. The smallest absolute Gasteiger partial charge is 0.345 e. The van der Waals surface area contributed by atoms with Gasteiger partial charge in [0.1, 0.15) is 11.9 Å². The van der Waals surface area contributed by atoms with Crippen molar-refractivity contribution in [3.8, 4) is 0 Å². The Morgan fingerprint density at radius 1 is 0.848 bits per heavy atom. The van der Waals surface area contributed by atoms with Gasteiger partial charge in [-0.15, -0.1) is 0 Å². The van der Waals surface area contributed by atoms with Crippen molar-refractivity contribution in [2.75, 3.05) is 0 Å². The Kier molecular flexibility index (Phi) is 17.3. The van der Waals surface area contributed by atoms with E-state index in [0.29, 0.717) is 25.7 Å². The molecule has 260 valence electrons. The first-order valence-electron chi connectivity index (χ1n) is 15.9. The van der Waals surface area contributed by atoms with E-state index in [-0.39, 0.29) is 35.2 Å². The number of ether oxygens (including phenoxy) is 2. The van der Waals surface area contributed by atoms with Crippen molar-refractivity contribution >= 4 is 29.7 Å². The standard InChI is InChI=1S/C34H52O12/c1-8-24(10-12-30(40)41)15-25(35)14-19(3)13-18(2)9-11-26(36)21(5)28(38)16-27(37)20(4)23(7)45-31(42)17-29(39)32-22(6)33(43)46-34(32)44/h10,12,15,18-21,23,25-27,29,35-37,39H,8-9,11,13-14,16-17H2,1-7H3,(H,40,41)/b12-10+,24-15+/t18-,19+,20+,21-,23+,25+,26-,27+,29+/m0/s1. The minimum Gasteiger partial charge on any atom is -0.478 e. The number of ketones is 1. The fourth-order valence-electron chi connectivity index (χ4n) is 5.40. The van der Waals surface area contributed by atoms with E-state index in [2.05, 4.69) is 4.74 Å². The molecule has 1 rings (SSSR count). The first-order chi connectivity index (χ1) is 21.4. The minimum absolute atomic E-state index is 0.0831. The van der Waals surface area contributed by atoms with Gasteiger partial charge in [0.05, 0.1) is 36.4 Å². The molecule has 0 aromatic rings. The summed E-state index contributed by atoms with van der Waals surface area (Å²) in [6.07, 6.45) is 0.999.